The molecule has 1 aromatic rings. The van der Waals surface area contributed by atoms with Crippen LogP contribution in [0.3, 0.4) is 0 Å². The molecule has 25 heavy (non-hydrogen) atoms. The van der Waals surface area contributed by atoms with Crippen LogP contribution in [0.2, 0.25) is 0 Å². The van der Waals surface area contributed by atoms with Gasteiger partial charge < -0.3 is 0 Å². The van der Waals surface area contributed by atoms with Crippen molar-refractivity contribution in [1.29, 1.82) is 0 Å². The molecule has 0 bridgehead atoms. The van der Waals surface area contributed by atoms with Gasteiger partial charge >= 0.3 is 0 Å². The fourth-order valence-electron chi connectivity index (χ4n) is 3.36. The van der Waals surface area contributed by atoms with Crippen molar-refractivity contribution < 1.29 is 0 Å². The minimum absolute atomic E-state index is 0.0435. The molecule has 0 amide bonds. The maximum atomic E-state index is 3.88. The van der Waals surface area contributed by atoms with Gasteiger partial charge in [-0.25, -0.2) is 0 Å². The maximum Gasteiger partial charge on any atom is -0.0240 e. The summed E-state index contributed by atoms with van der Waals surface area (Å²) in [6.45, 7) is 8.48. The highest BCUT2D eigenvalue weighted by Crippen LogP contribution is 2.37. The molecule has 0 atom stereocenters. The molecule has 0 aliphatic heterocycles. The second kappa shape index (κ2) is 15.6. The summed E-state index contributed by atoms with van der Waals surface area (Å²) in [5, 5.41) is 1.61. The molecule has 0 aromatic heterocycles. The minimum atomic E-state index is 0.0435. The molecule has 0 spiro atoms. The lowest BCUT2D eigenvalue weighted by Gasteiger charge is -2.18. The van der Waals surface area contributed by atoms with E-state index in [1.807, 2.05) is 6.08 Å². The van der Waals surface area contributed by atoms with Gasteiger partial charge in [0.1, 0.15) is 0 Å². The van der Waals surface area contributed by atoms with Crippen molar-refractivity contribution in [3.8, 4) is 0 Å². The van der Waals surface area contributed by atoms with Gasteiger partial charge in [-0.3, -0.25) is 0 Å². The number of hydrogen-bond donors (Lipinski definition) is 0. The zero-order chi connectivity index (χ0) is 18.2. The van der Waals surface area contributed by atoms with Crippen LogP contribution in [-0.4, -0.2) is 12.3 Å². The second-order valence-corrected chi connectivity index (χ2v) is 9.81. The lowest BCUT2D eigenvalue weighted by Crippen LogP contribution is -2.07. The highest BCUT2D eigenvalue weighted by atomic mass is 31.1. The first-order valence-electron chi connectivity index (χ1n) is 10.8. The molecule has 0 nitrogen and oxygen atoms in total. The van der Waals surface area contributed by atoms with Crippen molar-refractivity contribution in [3.05, 3.63) is 36.4 Å². The summed E-state index contributed by atoms with van der Waals surface area (Å²) in [6, 6.07) is 9.24. The largest absolute Gasteiger partial charge is 0.0985 e. The first kappa shape index (κ1) is 22.4. The Balaban J connectivity index is 2.41. The van der Waals surface area contributed by atoms with Crippen LogP contribution in [0.4, 0.5) is 0 Å². The predicted molar refractivity (Wildman–Crippen MR) is 120 cm³/mol. The molecule has 0 N–H and O–H groups in total. The van der Waals surface area contributed by atoms with E-state index in [0.29, 0.717) is 0 Å². The van der Waals surface area contributed by atoms with Crippen LogP contribution < -0.4 is 5.30 Å². The average molecular weight is 361 g/mol. The Morgan fingerprint density at radius 2 is 1.12 bits per heavy atom. The molecule has 1 rings (SSSR count). The van der Waals surface area contributed by atoms with Crippen LogP contribution in [0, 0.1) is 0 Å². The Kier molecular flexibility index (Phi) is 14.0. The molecule has 1 aromatic carbocycles. The van der Waals surface area contributed by atoms with E-state index >= 15 is 0 Å². The quantitative estimate of drug-likeness (QED) is 0.206. The molecular weight excluding hydrogens is 319 g/mol. The lowest BCUT2D eigenvalue weighted by atomic mass is 10.1. The van der Waals surface area contributed by atoms with Crippen molar-refractivity contribution in [2.24, 2.45) is 0 Å². The van der Waals surface area contributed by atoms with Gasteiger partial charge in [-0.1, -0.05) is 123 Å². The molecular formula is C24H41P. The SMILES string of the molecule is C=Cc1ccc(P(CCCCCCCC)CCCCCCCC)cc1. The van der Waals surface area contributed by atoms with Gasteiger partial charge in [0.25, 0.3) is 0 Å². The van der Waals surface area contributed by atoms with Crippen LogP contribution in [0.25, 0.3) is 6.08 Å². The third-order valence-corrected chi connectivity index (χ3v) is 7.80. The topological polar surface area (TPSA) is 0 Å². The van der Waals surface area contributed by atoms with Crippen LogP contribution in [0.15, 0.2) is 30.8 Å². The molecule has 0 radical (unpaired) electrons. The Labute approximate surface area is 159 Å². The summed E-state index contributed by atoms with van der Waals surface area (Å²) in [4.78, 5) is 0. The number of benzene rings is 1. The van der Waals surface area contributed by atoms with E-state index in [2.05, 4.69) is 44.7 Å². The smallest absolute Gasteiger partial charge is 0.0240 e. The van der Waals surface area contributed by atoms with E-state index in [9.17, 15) is 0 Å². The maximum absolute atomic E-state index is 3.88. The molecule has 0 saturated carbocycles. The van der Waals surface area contributed by atoms with Crippen LogP contribution >= 0.6 is 7.92 Å². The fraction of sp³-hybridized carbons (Fsp3) is 0.667. The summed E-state index contributed by atoms with van der Waals surface area (Å²) in [7, 11) is 0.0435. The molecule has 0 fully saturated rings. The van der Waals surface area contributed by atoms with Gasteiger partial charge in [0.15, 0.2) is 0 Å². The van der Waals surface area contributed by atoms with Crippen LogP contribution in [0.5, 0.6) is 0 Å². The Bertz CT molecular complexity index is 404. The summed E-state index contributed by atoms with van der Waals surface area (Å²) in [5.74, 6) is 0. The van der Waals surface area contributed by atoms with Crippen molar-refractivity contribution >= 4 is 19.3 Å². The van der Waals surface area contributed by atoms with Crippen molar-refractivity contribution in [1.82, 2.24) is 0 Å². The molecule has 0 unspecified atom stereocenters. The molecule has 1 heteroatoms. The van der Waals surface area contributed by atoms with Crippen LogP contribution in [0.1, 0.15) is 96.5 Å². The third kappa shape index (κ3) is 10.9. The Morgan fingerprint density at radius 1 is 0.680 bits per heavy atom. The summed E-state index contributed by atoms with van der Waals surface area (Å²) < 4.78 is 0. The summed E-state index contributed by atoms with van der Waals surface area (Å²) >= 11 is 0. The molecule has 0 saturated heterocycles. The van der Waals surface area contributed by atoms with Gasteiger partial charge in [0.2, 0.25) is 0 Å². The first-order chi connectivity index (χ1) is 12.3. The first-order valence-corrected chi connectivity index (χ1v) is 12.5. The van der Waals surface area contributed by atoms with E-state index < -0.39 is 0 Å². The second-order valence-electron chi connectivity index (χ2n) is 7.32. The molecule has 0 aliphatic carbocycles. The van der Waals surface area contributed by atoms with Gasteiger partial charge in [0.05, 0.1) is 0 Å². The van der Waals surface area contributed by atoms with E-state index in [4.69, 9.17) is 0 Å². The van der Waals surface area contributed by atoms with Crippen molar-refractivity contribution in [2.75, 3.05) is 12.3 Å². The summed E-state index contributed by atoms with van der Waals surface area (Å²) in [5.41, 5.74) is 1.25. The van der Waals surface area contributed by atoms with Gasteiger partial charge in [0, 0.05) is 0 Å². The Morgan fingerprint density at radius 3 is 1.56 bits per heavy atom. The normalized spacial score (nSPS) is 11.2. The minimum Gasteiger partial charge on any atom is -0.0985 e. The van der Waals surface area contributed by atoms with E-state index in [0.717, 1.165) is 0 Å². The predicted octanol–water partition coefficient (Wildman–Crippen LogP) is 8.16. The highest BCUT2D eigenvalue weighted by Gasteiger charge is 2.10. The zero-order valence-corrected chi connectivity index (χ0v) is 17.8. The Hall–Kier alpha value is -0.610. The summed E-state index contributed by atoms with van der Waals surface area (Å²) in [6.07, 6.45) is 21.8. The van der Waals surface area contributed by atoms with E-state index in [1.54, 1.807) is 5.30 Å². The number of hydrogen-bond acceptors (Lipinski definition) is 0. The zero-order valence-electron chi connectivity index (χ0n) is 16.9. The molecule has 0 heterocycles. The number of rotatable bonds is 16. The van der Waals surface area contributed by atoms with E-state index in [-0.39, 0.29) is 7.92 Å². The van der Waals surface area contributed by atoms with Gasteiger partial charge in [-0.2, -0.15) is 0 Å². The standard InChI is InChI=1S/C24H41P/c1-4-7-9-11-13-15-21-25(22-16-14-12-10-8-5-2)24-19-17-23(6-3)18-20-24/h6,17-20H,3-5,7-16,21-22H2,1-2H3. The molecule has 0 aliphatic rings. The van der Waals surface area contributed by atoms with Gasteiger partial charge in [-0.15, -0.1) is 0 Å². The van der Waals surface area contributed by atoms with Gasteiger partial charge in [-0.05, 0) is 36.0 Å². The average Bonchev–Trinajstić information content (AvgIpc) is 2.65. The monoisotopic (exact) mass is 360 g/mol. The molecule has 142 valence electrons. The van der Waals surface area contributed by atoms with E-state index in [1.165, 1.54) is 94.9 Å². The van der Waals surface area contributed by atoms with Crippen molar-refractivity contribution in [3.63, 3.8) is 0 Å². The lowest BCUT2D eigenvalue weighted by molar-refractivity contribution is 0.622. The fourth-order valence-corrected chi connectivity index (χ4v) is 5.88. The highest BCUT2D eigenvalue weighted by molar-refractivity contribution is 7.65. The number of unbranched alkanes of at least 4 members (excludes halogenated alkanes) is 10. The van der Waals surface area contributed by atoms with Crippen molar-refractivity contribution in [2.45, 2.75) is 90.9 Å². The van der Waals surface area contributed by atoms with Crippen LogP contribution in [-0.2, 0) is 0 Å². The third-order valence-electron chi connectivity index (χ3n) is 5.06.